The van der Waals surface area contributed by atoms with Crippen LogP contribution in [0.15, 0.2) is 0 Å². The highest BCUT2D eigenvalue weighted by Gasteiger charge is 2.34. The summed E-state index contributed by atoms with van der Waals surface area (Å²) in [5, 5.41) is 3.18. The smallest absolute Gasteiger partial charge is 0.0923 e. The van der Waals surface area contributed by atoms with E-state index in [0.29, 0.717) is 0 Å². The number of hydrogen-bond acceptors (Lipinski definition) is 2. The minimum atomic E-state index is 0. The fourth-order valence-electron chi connectivity index (χ4n) is 0.943. The van der Waals surface area contributed by atoms with Crippen LogP contribution in [0.5, 0.6) is 0 Å². The van der Waals surface area contributed by atoms with Gasteiger partial charge in [0.2, 0.25) is 0 Å². The predicted molar refractivity (Wildman–Crippen MR) is 40.1 cm³/mol. The molecule has 0 unspecified atom stereocenters. The van der Waals surface area contributed by atoms with Crippen molar-refractivity contribution in [3.05, 3.63) is 0 Å². The van der Waals surface area contributed by atoms with E-state index in [4.69, 9.17) is 4.74 Å². The van der Waals surface area contributed by atoms with Gasteiger partial charge < -0.3 is 10.1 Å². The largest absolute Gasteiger partial charge is 0.376 e. The van der Waals surface area contributed by atoms with E-state index in [9.17, 15) is 0 Å². The van der Waals surface area contributed by atoms with Crippen molar-refractivity contribution in [1.82, 2.24) is 5.32 Å². The Balaban J connectivity index is 0.000000640. The highest BCUT2D eigenvalue weighted by Crippen LogP contribution is 2.18. The van der Waals surface area contributed by atoms with Crippen LogP contribution in [0, 0.1) is 0 Å². The van der Waals surface area contributed by atoms with Crippen molar-refractivity contribution in [2.24, 2.45) is 0 Å². The lowest BCUT2D eigenvalue weighted by Gasteiger charge is -2.40. The first-order valence-electron chi connectivity index (χ1n) is 3.09. The van der Waals surface area contributed by atoms with E-state index >= 15 is 0 Å². The van der Waals surface area contributed by atoms with E-state index in [0.717, 1.165) is 19.5 Å². The van der Waals surface area contributed by atoms with Crippen molar-refractivity contribution < 1.29 is 4.74 Å². The molecule has 1 aliphatic rings. The van der Waals surface area contributed by atoms with Gasteiger partial charge >= 0.3 is 0 Å². The molecule has 0 bridgehead atoms. The predicted octanol–water partition coefficient (Wildman–Crippen LogP) is 0.807. The Hall–Kier alpha value is 0.210. The molecule has 1 N–H and O–H groups in total. The summed E-state index contributed by atoms with van der Waals surface area (Å²) in [6, 6.07) is 0. The first-order chi connectivity index (χ1) is 3.83. The van der Waals surface area contributed by atoms with E-state index in [1.165, 1.54) is 0 Å². The topological polar surface area (TPSA) is 21.3 Å². The van der Waals surface area contributed by atoms with Crippen LogP contribution in [0.2, 0.25) is 0 Å². The molecule has 0 aromatic carbocycles. The fraction of sp³-hybridized carbons (Fsp3) is 1.00. The minimum Gasteiger partial charge on any atom is -0.376 e. The molecule has 3 heteroatoms. The van der Waals surface area contributed by atoms with Gasteiger partial charge in [0.25, 0.3) is 0 Å². The molecule has 1 saturated heterocycles. The maximum absolute atomic E-state index is 5.26. The number of rotatable bonds is 2. The summed E-state index contributed by atoms with van der Waals surface area (Å²) in [5.41, 5.74) is 0.194. The Bertz CT molecular complexity index is 69.6. The van der Waals surface area contributed by atoms with Gasteiger partial charge in [0.15, 0.2) is 0 Å². The summed E-state index contributed by atoms with van der Waals surface area (Å²) in [6.07, 6.45) is 1.12. The zero-order valence-electron chi connectivity index (χ0n) is 5.94. The molecule has 56 valence electrons. The Kier molecular flexibility index (Phi) is 3.48. The van der Waals surface area contributed by atoms with Crippen molar-refractivity contribution in [2.45, 2.75) is 18.9 Å². The molecule has 1 aliphatic heterocycles. The Labute approximate surface area is 62.4 Å². The van der Waals surface area contributed by atoms with Crippen LogP contribution in [0.3, 0.4) is 0 Å². The molecule has 0 saturated carbocycles. The average Bonchev–Trinajstić information content (AvgIpc) is 1.67. The summed E-state index contributed by atoms with van der Waals surface area (Å²) in [4.78, 5) is 0. The second-order valence-electron chi connectivity index (χ2n) is 2.34. The number of nitrogens with one attached hydrogen (secondary N) is 1. The van der Waals surface area contributed by atoms with Gasteiger partial charge in [-0.1, -0.05) is 6.92 Å². The average molecular weight is 152 g/mol. The first-order valence-corrected chi connectivity index (χ1v) is 3.09. The van der Waals surface area contributed by atoms with Gasteiger partial charge in [0, 0.05) is 20.2 Å². The summed E-state index contributed by atoms with van der Waals surface area (Å²) in [5.74, 6) is 0. The second-order valence-corrected chi connectivity index (χ2v) is 2.34. The maximum atomic E-state index is 5.26. The lowest BCUT2D eigenvalue weighted by Crippen LogP contribution is -2.60. The second kappa shape index (κ2) is 3.40. The van der Waals surface area contributed by atoms with Crippen molar-refractivity contribution >= 4 is 12.4 Å². The van der Waals surface area contributed by atoms with Crippen LogP contribution in [0.25, 0.3) is 0 Å². The first kappa shape index (κ1) is 9.21. The molecule has 1 fully saturated rings. The van der Waals surface area contributed by atoms with Crippen molar-refractivity contribution in [3.8, 4) is 0 Å². The number of hydrogen-bond donors (Lipinski definition) is 1. The van der Waals surface area contributed by atoms with E-state index < -0.39 is 0 Å². The normalized spacial score (nSPS) is 22.0. The molecule has 1 heterocycles. The van der Waals surface area contributed by atoms with Crippen molar-refractivity contribution in [3.63, 3.8) is 0 Å². The minimum absolute atomic E-state index is 0. The monoisotopic (exact) mass is 151 g/mol. The quantitative estimate of drug-likeness (QED) is 0.631. The molecule has 0 amide bonds. The number of methoxy groups -OCH3 is 1. The van der Waals surface area contributed by atoms with E-state index in [-0.39, 0.29) is 18.0 Å². The molecular formula is C6H14ClNO. The number of ether oxygens (including phenoxy) is 1. The summed E-state index contributed by atoms with van der Waals surface area (Å²) >= 11 is 0. The van der Waals surface area contributed by atoms with Crippen LogP contribution in [0.4, 0.5) is 0 Å². The Morgan fingerprint density at radius 3 is 2.11 bits per heavy atom. The van der Waals surface area contributed by atoms with Gasteiger partial charge in [-0.05, 0) is 6.42 Å². The van der Waals surface area contributed by atoms with E-state index in [2.05, 4.69) is 12.2 Å². The van der Waals surface area contributed by atoms with Crippen molar-refractivity contribution in [1.29, 1.82) is 0 Å². The fourth-order valence-corrected chi connectivity index (χ4v) is 0.943. The zero-order chi connectivity index (χ0) is 6.04. The van der Waals surface area contributed by atoms with Gasteiger partial charge in [0.05, 0.1) is 5.60 Å². The van der Waals surface area contributed by atoms with Gasteiger partial charge in [0.1, 0.15) is 0 Å². The molecule has 0 spiro atoms. The van der Waals surface area contributed by atoms with Crippen LogP contribution >= 0.6 is 12.4 Å². The summed E-state index contributed by atoms with van der Waals surface area (Å²) in [6.45, 7) is 4.21. The van der Waals surface area contributed by atoms with Gasteiger partial charge in [-0.3, -0.25) is 0 Å². The van der Waals surface area contributed by atoms with Gasteiger partial charge in [-0.15, -0.1) is 12.4 Å². The molecule has 0 radical (unpaired) electrons. The van der Waals surface area contributed by atoms with E-state index in [1.54, 1.807) is 7.11 Å². The lowest BCUT2D eigenvalue weighted by atomic mass is 9.94. The molecular weight excluding hydrogens is 138 g/mol. The third-order valence-corrected chi connectivity index (χ3v) is 1.97. The molecule has 0 aromatic rings. The van der Waals surface area contributed by atoms with Crippen LogP contribution in [-0.4, -0.2) is 25.8 Å². The van der Waals surface area contributed by atoms with Crippen molar-refractivity contribution in [2.75, 3.05) is 20.2 Å². The lowest BCUT2D eigenvalue weighted by molar-refractivity contribution is -0.0533. The maximum Gasteiger partial charge on any atom is 0.0923 e. The highest BCUT2D eigenvalue weighted by molar-refractivity contribution is 5.85. The van der Waals surface area contributed by atoms with E-state index in [1.807, 2.05) is 0 Å². The molecule has 2 nitrogen and oxygen atoms in total. The molecule has 9 heavy (non-hydrogen) atoms. The summed E-state index contributed by atoms with van der Waals surface area (Å²) < 4.78 is 5.26. The van der Waals surface area contributed by atoms with Crippen LogP contribution < -0.4 is 5.32 Å². The SMILES string of the molecule is CCC1(OC)CNC1.Cl. The van der Waals surface area contributed by atoms with Crippen LogP contribution in [0.1, 0.15) is 13.3 Å². The standard InChI is InChI=1S/C6H13NO.ClH/c1-3-6(8-2)4-7-5-6;/h7H,3-5H2,1-2H3;1H. The molecule has 0 atom stereocenters. The van der Waals surface area contributed by atoms with Crippen LogP contribution in [-0.2, 0) is 4.74 Å². The van der Waals surface area contributed by atoms with Gasteiger partial charge in [-0.25, -0.2) is 0 Å². The zero-order valence-corrected chi connectivity index (χ0v) is 6.75. The summed E-state index contributed by atoms with van der Waals surface area (Å²) in [7, 11) is 1.78. The third-order valence-electron chi connectivity index (χ3n) is 1.97. The Morgan fingerprint density at radius 2 is 2.11 bits per heavy atom. The highest BCUT2D eigenvalue weighted by atomic mass is 35.5. The molecule has 1 rings (SSSR count). The number of halogens is 1. The van der Waals surface area contributed by atoms with Gasteiger partial charge in [-0.2, -0.15) is 0 Å². The molecule has 0 aromatic heterocycles. The Morgan fingerprint density at radius 1 is 1.56 bits per heavy atom. The molecule has 0 aliphatic carbocycles. The third kappa shape index (κ3) is 1.57.